The van der Waals surface area contributed by atoms with E-state index in [-0.39, 0.29) is 17.6 Å². The molecule has 4 rings (SSSR count). The highest BCUT2D eigenvalue weighted by Crippen LogP contribution is 2.26. The van der Waals surface area contributed by atoms with Crippen molar-refractivity contribution >= 4 is 22.5 Å². The molecule has 0 N–H and O–H groups in total. The highest BCUT2D eigenvalue weighted by atomic mass is 16.5. The Balaban J connectivity index is 1.40. The number of fused-ring (bicyclic) bond motifs is 1. The van der Waals surface area contributed by atoms with Crippen molar-refractivity contribution in [1.29, 1.82) is 0 Å². The Morgan fingerprint density at radius 3 is 2.64 bits per heavy atom. The number of piperidine rings is 1. The maximum Gasteiger partial charge on any atom is 0.223 e. The standard InChI is InChI=1S/C23H28N2O3/c26-22(10-12-24-13-15-28-16-14-24)25-11-4-7-19(17-25)23(27)21-9-3-6-18-5-1-2-8-20(18)21/h1-3,5-6,8-9,19H,4,7,10-17H2. The van der Waals surface area contributed by atoms with E-state index < -0.39 is 0 Å². The largest absolute Gasteiger partial charge is 0.379 e. The van der Waals surface area contributed by atoms with Gasteiger partial charge in [0.15, 0.2) is 5.78 Å². The molecular weight excluding hydrogens is 352 g/mol. The predicted octanol–water partition coefficient (Wildman–Crippen LogP) is 2.98. The molecule has 2 saturated heterocycles. The Kier molecular flexibility index (Phi) is 6.03. The van der Waals surface area contributed by atoms with Crippen molar-refractivity contribution in [3.63, 3.8) is 0 Å². The first-order valence-corrected chi connectivity index (χ1v) is 10.3. The summed E-state index contributed by atoms with van der Waals surface area (Å²) in [4.78, 5) is 30.1. The molecule has 2 aromatic rings. The molecule has 0 saturated carbocycles. The van der Waals surface area contributed by atoms with E-state index in [0.717, 1.165) is 68.6 Å². The third kappa shape index (κ3) is 4.26. The lowest BCUT2D eigenvalue weighted by Gasteiger charge is -2.33. The topological polar surface area (TPSA) is 49.9 Å². The minimum atomic E-state index is -0.105. The van der Waals surface area contributed by atoms with Gasteiger partial charge in [0.25, 0.3) is 0 Å². The minimum Gasteiger partial charge on any atom is -0.379 e. The Hall–Kier alpha value is -2.24. The predicted molar refractivity (Wildman–Crippen MR) is 109 cm³/mol. The summed E-state index contributed by atoms with van der Waals surface area (Å²) in [6.07, 6.45) is 2.27. The molecule has 1 amide bonds. The van der Waals surface area contributed by atoms with Crippen molar-refractivity contribution in [3.8, 4) is 0 Å². The molecule has 5 heteroatoms. The average molecular weight is 380 g/mol. The fraction of sp³-hybridized carbons (Fsp3) is 0.478. The second kappa shape index (κ2) is 8.84. The quantitative estimate of drug-likeness (QED) is 0.749. The zero-order valence-corrected chi connectivity index (χ0v) is 16.3. The zero-order chi connectivity index (χ0) is 19.3. The van der Waals surface area contributed by atoms with Crippen molar-refractivity contribution < 1.29 is 14.3 Å². The van der Waals surface area contributed by atoms with Crippen molar-refractivity contribution in [2.45, 2.75) is 19.3 Å². The maximum atomic E-state index is 13.2. The number of rotatable bonds is 5. The van der Waals surface area contributed by atoms with Gasteiger partial charge in [0.05, 0.1) is 13.2 Å². The van der Waals surface area contributed by atoms with Crippen molar-refractivity contribution in [1.82, 2.24) is 9.80 Å². The second-order valence-corrected chi connectivity index (χ2v) is 7.77. The summed E-state index contributed by atoms with van der Waals surface area (Å²) in [5.74, 6) is 0.233. The first-order chi connectivity index (χ1) is 13.7. The van der Waals surface area contributed by atoms with Crippen molar-refractivity contribution in [3.05, 3.63) is 48.0 Å². The van der Waals surface area contributed by atoms with Gasteiger partial charge in [-0.15, -0.1) is 0 Å². The van der Waals surface area contributed by atoms with Gasteiger partial charge < -0.3 is 9.64 Å². The van der Waals surface area contributed by atoms with Crippen LogP contribution in [0.4, 0.5) is 0 Å². The molecule has 0 bridgehead atoms. The number of carbonyl (C=O) groups is 2. The van der Waals surface area contributed by atoms with Crippen LogP contribution in [0.3, 0.4) is 0 Å². The van der Waals surface area contributed by atoms with Crippen LogP contribution < -0.4 is 0 Å². The van der Waals surface area contributed by atoms with Crippen LogP contribution in [0.5, 0.6) is 0 Å². The number of benzene rings is 2. The van der Waals surface area contributed by atoms with E-state index >= 15 is 0 Å². The van der Waals surface area contributed by atoms with Crippen LogP contribution >= 0.6 is 0 Å². The number of carbonyl (C=O) groups excluding carboxylic acids is 2. The molecule has 2 aliphatic rings. The first-order valence-electron chi connectivity index (χ1n) is 10.3. The normalized spacial score (nSPS) is 21.0. The molecule has 1 atom stereocenters. The van der Waals surface area contributed by atoms with E-state index in [1.807, 2.05) is 47.4 Å². The van der Waals surface area contributed by atoms with E-state index in [9.17, 15) is 9.59 Å². The molecule has 2 aromatic carbocycles. The van der Waals surface area contributed by atoms with Crippen LogP contribution in [0.15, 0.2) is 42.5 Å². The lowest BCUT2D eigenvalue weighted by molar-refractivity contribution is -0.133. The van der Waals surface area contributed by atoms with Crippen LogP contribution in [-0.2, 0) is 9.53 Å². The third-order valence-corrected chi connectivity index (χ3v) is 5.95. The molecular formula is C23H28N2O3. The number of hydrogen-bond acceptors (Lipinski definition) is 4. The summed E-state index contributed by atoms with van der Waals surface area (Å²) in [5, 5.41) is 2.09. The van der Waals surface area contributed by atoms with Gasteiger partial charge in [-0.25, -0.2) is 0 Å². The van der Waals surface area contributed by atoms with Crippen LogP contribution in [0, 0.1) is 5.92 Å². The number of ketones is 1. The molecule has 2 fully saturated rings. The number of likely N-dealkylation sites (tertiary alicyclic amines) is 1. The summed E-state index contributed by atoms with van der Waals surface area (Å²) < 4.78 is 5.36. The van der Waals surface area contributed by atoms with E-state index in [2.05, 4.69) is 4.90 Å². The minimum absolute atomic E-state index is 0.105. The maximum absolute atomic E-state index is 13.2. The number of ether oxygens (including phenoxy) is 1. The highest BCUT2D eigenvalue weighted by Gasteiger charge is 2.29. The molecule has 0 spiro atoms. The molecule has 148 valence electrons. The summed E-state index contributed by atoms with van der Waals surface area (Å²) >= 11 is 0. The van der Waals surface area contributed by atoms with Gasteiger partial charge in [0.2, 0.25) is 5.91 Å². The van der Waals surface area contributed by atoms with E-state index in [1.165, 1.54) is 0 Å². The molecule has 2 heterocycles. The van der Waals surface area contributed by atoms with Crippen LogP contribution in [-0.4, -0.2) is 67.4 Å². The van der Waals surface area contributed by atoms with E-state index in [4.69, 9.17) is 4.74 Å². The molecule has 1 unspecified atom stereocenters. The summed E-state index contributed by atoms with van der Waals surface area (Å²) in [6, 6.07) is 13.9. The van der Waals surface area contributed by atoms with E-state index in [1.54, 1.807) is 0 Å². The van der Waals surface area contributed by atoms with Gasteiger partial charge in [0, 0.05) is 50.6 Å². The fourth-order valence-corrected chi connectivity index (χ4v) is 4.31. The second-order valence-electron chi connectivity index (χ2n) is 7.77. The Morgan fingerprint density at radius 2 is 1.79 bits per heavy atom. The van der Waals surface area contributed by atoms with Gasteiger partial charge in [-0.05, 0) is 23.6 Å². The SMILES string of the molecule is O=C(c1cccc2ccccc12)C1CCCN(C(=O)CCN2CCOCC2)C1. The number of hydrogen-bond donors (Lipinski definition) is 0. The van der Waals surface area contributed by atoms with Crippen molar-refractivity contribution in [2.24, 2.45) is 5.92 Å². The van der Waals surface area contributed by atoms with Gasteiger partial charge >= 0.3 is 0 Å². The van der Waals surface area contributed by atoms with Gasteiger partial charge in [-0.1, -0.05) is 42.5 Å². The molecule has 28 heavy (non-hydrogen) atoms. The van der Waals surface area contributed by atoms with Crippen LogP contribution in [0.2, 0.25) is 0 Å². The number of morpholine rings is 1. The average Bonchev–Trinajstić information content (AvgIpc) is 2.77. The fourth-order valence-electron chi connectivity index (χ4n) is 4.31. The molecule has 0 aliphatic carbocycles. The zero-order valence-electron chi connectivity index (χ0n) is 16.3. The third-order valence-electron chi connectivity index (χ3n) is 5.95. The summed E-state index contributed by atoms with van der Waals surface area (Å²) in [6.45, 7) is 5.38. The highest BCUT2D eigenvalue weighted by molar-refractivity contribution is 6.09. The molecule has 5 nitrogen and oxygen atoms in total. The molecule has 2 aliphatic heterocycles. The number of amides is 1. The van der Waals surface area contributed by atoms with Gasteiger partial charge in [0.1, 0.15) is 0 Å². The smallest absolute Gasteiger partial charge is 0.223 e. The Morgan fingerprint density at radius 1 is 1.00 bits per heavy atom. The van der Waals surface area contributed by atoms with Crippen LogP contribution in [0.1, 0.15) is 29.6 Å². The number of Topliss-reactive ketones (excluding diaryl/α,β-unsaturated/α-hetero) is 1. The Labute approximate surface area is 166 Å². The molecule has 0 radical (unpaired) electrons. The lowest BCUT2D eigenvalue weighted by atomic mass is 9.88. The summed E-state index contributed by atoms with van der Waals surface area (Å²) in [5.41, 5.74) is 0.783. The first kappa shape index (κ1) is 19.1. The van der Waals surface area contributed by atoms with E-state index in [0.29, 0.717) is 13.0 Å². The lowest BCUT2D eigenvalue weighted by Crippen LogP contribution is -2.44. The van der Waals surface area contributed by atoms with Crippen molar-refractivity contribution in [2.75, 3.05) is 45.9 Å². The summed E-state index contributed by atoms with van der Waals surface area (Å²) in [7, 11) is 0. The monoisotopic (exact) mass is 380 g/mol. The molecule has 0 aromatic heterocycles. The van der Waals surface area contributed by atoms with Crippen LogP contribution in [0.25, 0.3) is 10.8 Å². The van der Waals surface area contributed by atoms with Gasteiger partial charge in [-0.2, -0.15) is 0 Å². The Bertz CT molecular complexity index is 839. The van der Waals surface area contributed by atoms with Gasteiger partial charge in [-0.3, -0.25) is 14.5 Å². The number of nitrogens with zero attached hydrogens (tertiary/aromatic N) is 2.